The fourth-order valence-electron chi connectivity index (χ4n) is 1.52. The summed E-state index contributed by atoms with van der Waals surface area (Å²) in [6.45, 7) is 2.54. The fourth-order valence-corrected chi connectivity index (χ4v) is 1.52. The Morgan fingerprint density at radius 2 is 2.33 bits per heavy atom. The van der Waals surface area contributed by atoms with Gasteiger partial charge in [0.1, 0.15) is 5.69 Å². The molecule has 0 bridgehead atoms. The van der Waals surface area contributed by atoms with Crippen LogP contribution < -0.4 is 5.73 Å². The molecule has 96 valence electrons. The molecule has 0 saturated heterocycles. The number of ether oxygens (including phenoxy) is 1. The molecule has 2 N–H and O–H groups in total. The number of pyridine rings is 1. The second-order valence-corrected chi connectivity index (χ2v) is 4.06. The van der Waals surface area contributed by atoms with Gasteiger partial charge in [-0.05, 0) is 31.0 Å². The lowest BCUT2D eigenvalue weighted by molar-refractivity contribution is 0.182. The number of hydrogen-bond acceptors (Lipinski definition) is 6. The topological polar surface area (TPSA) is 87.1 Å². The van der Waals surface area contributed by atoms with Crippen molar-refractivity contribution in [3.05, 3.63) is 29.8 Å². The van der Waals surface area contributed by atoms with Crippen LogP contribution in [0.15, 0.2) is 22.9 Å². The predicted molar refractivity (Wildman–Crippen MR) is 65.7 cm³/mol. The highest BCUT2D eigenvalue weighted by molar-refractivity contribution is 5.48. The molecule has 6 heteroatoms. The van der Waals surface area contributed by atoms with Crippen LogP contribution in [-0.4, -0.2) is 28.8 Å². The maximum absolute atomic E-state index is 5.91. The first kappa shape index (κ1) is 12.7. The van der Waals surface area contributed by atoms with Crippen LogP contribution in [0.2, 0.25) is 0 Å². The fraction of sp³-hybridized carbons (Fsp3) is 0.417. The van der Waals surface area contributed by atoms with Gasteiger partial charge in [0, 0.05) is 19.9 Å². The zero-order chi connectivity index (χ0) is 13.0. The molecule has 2 heterocycles. The Bertz CT molecular complexity index is 512. The molecule has 2 aromatic rings. The van der Waals surface area contributed by atoms with Crippen molar-refractivity contribution in [3.63, 3.8) is 0 Å². The molecule has 0 aliphatic carbocycles. The lowest BCUT2D eigenvalue weighted by Crippen LogP contribution is -2.13. The van der Waals surface area contributed by atoms with Gasteiger partial charge in [-0.25, -0.2) is 0 Å². The van der Waals surface area contributed by atoms with E-state index in [1.165, 1.54) is 0 Å². The van der Waals surface area contributed by atoms with Crippen molar-refractivity contribution < 1.29 is 9.26 Å². The van der Waals surface area contributed by atoms with Crippen LogP contribution in [0.25, 0.3) is 11.5 Å². The summed E-state index contributed by atoms with van der Waals surface area (Å²) in [5, 5.41) is 3.89. The van der Waals surface area contributed by atoms with Gasteiger partial charge < -0.3 is 15.0 Å². The molecule has 0 radical (unpaired) electrons. The number of aryl methyl sites for hydroxylation is 1. The predicted octanol–water partition coefficient (Wildman–Crippen LogP) is 1.48. The van der Waals surface area contributed by atoms with Gasteiger partial charge in [0.05, 0.1) is 6.04 Å². The van der Waals surface area contributed by atoms with Gasteiger partial charge in [0.15, 0.2) is 0 Å². The molecule has 0 spiro atoms. The molecule has 0 saturated carbocycles. The molecule has 2 aromatic heterocycles. The third kappa shape index (κ3) is 2.91. The monoisotopic (exact) mass is 248 g/mol. The Kier molecular flexibility index (Phi) is 4.01. The van der Waals surface area contributed by atoms with Crippen molar-refractivity contribution in [2.45, 2.75) is 19.4 Å². The van der Waals surface area contributed by atoms with Gasteiger partial charge >= 0.3 is 0 Å². The minimum atomic E-state index is -0.309. The number of rotatable bonds is 5. The minimum Gasteiger partial charge on any atom is -0.385 e. The van der Waals surface area contributed by atoms with E-state index in [4.69, 9.17) is 15.0 Å². The summed E-state index contributed by atoms with van der Waals surface area (Å²) in [5.41, 5.74) is 7.68. The van der Waals surface area contributed by atoms with E-state index in [9.17, 15) is 0 Å². The third-order valence-electron chi connectivity index (χ3n) is 2.54. The van der Waals surface area contributed by atoms with Gasteiger partial charge in [0.2, 0.25) is 11.7 Å². The Balaban J connectivity index is 2.15. The van der Waals surface area contributed by atoms with E-state index in [0.29, 0.717) is 30.4 Å². The summed E-state index contributed by atoms with van der Waals surface area (Å²) in [4.78, 5) is 8.45. The van der Waals surface area contributed by atoms with Crippen LogP contribution in [-0.2, 0) is 4.74 Å². The number of nitrogens with zero attached hydrogens (tertiary/aromatic N) is 3. The number of aromatic nitrogens is 3. The molecule has 0 amide bonds. The smallest absolute Gasteiger partial charge is 0.244 e. The molecule has 2 rings (SSSR count). The zero-order valence-electron chi connectivity index (χ0n) is 10.5. The van der Waals surface area contributed by atoms with Gasteiger partial charge in [0.25, 0.3) is 0 Å². The molecule has 0 aliphatic heterocycles. The average Bonchev–Trinajstić information content (AvgIpc) is 2.85. The van der Waals surface area contributed by atoms with E-state index in [1.807, 2.05) is 19.1 Å². The largest absolute Gasteiger partial charge is 0.385 e. The molecule has 1 atom stereocenters. The van der Waals surface area contributed by atoms with Gasteiger partial charge in [-0.2, -0.15) is 4.98 Å². The Morgan fingerprint density at radius 1 is 1.50 bits per heavy atom. The second-order valence-electron chi connectivity index (χ2n) is 4.06. The Hall–Kier alpha value is -1.79. The van der Waals surface area contributed by atoms with Crippen LogP contribution in [0.3, 0.4) is 0 Å². The number of methoxy groups -OCH3 is 1. The first-order chi connectivity index (χ1) is 8.70. The van der Waals surface area contributed by atoms with E-state index in [0.717, 1.165) is 5.56 Å². The number of nitrogens with two attached hydrogens (primary N) is 1. The molecule has 0 aromatic carbocycles. The SMILES string of the molecule is COCCC(N)c1nc(-c2cc(C)ccn2)no1. The molecule has 18 heavy (non-hydrogen) atoms. The summed E-state index contributed by atoms with van der Waals surface area (Å²) in [6.07, 6.45) is 2.35. The Labute approximate surface area is 105 Å². The van der Waals surface area contributed by atoms with E-state index in [-0.39, 0.29) is 6.04 Å². The molecular formula is C12H16N4O2. The third-order valence-corrected chi connectivity index (χ3v) is 2.54. The lowest BCUT2D eigenvalue weighted by Gasteiger charge is -2.04. The Morgan fingerprint density at radius 3 is 3.06 bits per heavy atom. The number of hydrogen-bond donors (Lipinski definition) is 1. The van der Waals surface area contributed by atoms with Crippen molar-refractivity contribution in [3.8, 4) is 11.5 Å². The summed E-state index contributed by atoms with van der Waals surface area (Å²) < 4.78 is 10.1. The summed E-state index contributed by atoms with van der Waals surface area (Å²) in [6, 6.07) is 3.50. The van der Waals surface area contributed by atoms with Crippen molar-refractivity contribution in [2.75, 3.05) is 13.7 Å². The van der Waals surface area contributed by atoms with Crippen LogP contribution in [0, 0.1) is 6.92 Å². The average molecular weight is 248 g/mol. The molecule has 6 nitrogen and oxygen atoms in total. The van der Waals surface area contributed by atoms with Crippen molar-refractivity contribution >= 4 is 0 Å². The zero-order valence-corrected chi connectivity index (χ0v) is 10.5. The van der Waals surface area contributed by atoms with E-state index in [1.54, 1.807) is 13.3 Å². The first-order valence-electron chi connectivity index (χ1n) is 5.72. The van der Waals surface area contributed by atoms with Crippen molar-refractivity contribution in [2.24, 2.45) is 5.73 Å². The molecular weight excluding hydrogens is 232 g/mol. The van der Waals surface area contributed by atoms with E-state index < -0.39 is 0 Å². The standard InChI is InChI=1S/C12H16N4O2/c1-8-3-5-14-10(7-8)11-15-12(18-16-11)9(13)4-6-17-2/h3,5,7,9H,4,6,13H2,1-2H3. The molecule has 0 aliphatic rings. The lowest BCUT2D eigenvalue weighted by atomic mass is 10.2. The van der Waals surface area contributed by atoms with Crippen LogP contribution in [0.1, 0.15) is 23.9 Å². The quantitative estimate of drug-likeness (QED) is 0.862. The van der Waals surface area contributed by atoms with E-state index in [2.05, 4.69) is 15.1 Å². The summed E-state index contributed by atoms with van der Waals surface area (Å²) >= 11 is 0. The van der Waals surface area contributed by atoms with Crippen LogP contribution in [0.4, 0.5) is 0 Å². The second kappa shape index (κ2) is 5.70. The highest BCUT2D eigenvalue weighted by atomic mass is 16.5. The maximum Gasteiger partial charge on any atom is 0.244 e. The van der Waals surface area contributed by atoms with Crippen LogP contribution in [0.5, 0.6) is 0 Å². The minimum absolute atomic E-state index is 0.309. The highest BCUT2D eigenvalue weighted by Crippen LogP contribution is 2.18. The first-order valence-corrected chi connectivity index (χ1v) is 5.72. The van der Waals surface area contributed by atoms with Crippen LogP contribution >= 0.6 is 0 Å². The van der Waals surface area contributed by atoms with Gasteiger partial charge in [-0.15, -0.1) is 0 Å². The highest BCUT2D eigenvalue weighted by Gasteiger charge is 2.16. The van der Waals surface area contributed by atoms with Gasteiger partial charge in [-0.1, -0.05) is 5.16 Å². The molecule has 0 fully saturated rings. The van der Waals surface area contributed by atoms with Gasteiger partial charge in [-0.3, -0.25) is 4.98 Å². The van der Waals surface area contributed by atoms with Crippen molar-refractivity contribution in [1.82, 2.24) is 15.1 Å². The van der Waals surface area contributed by atoms with E-state index >= 15 is 0 Å². The maximum atomic E-state index is 5.91. The summed E-state index contributed by atoms with van der Waals surface area (Å²) in [7, 11) is 1.63. The normalized spacial score (nSPS) is 12.6. The summed E-state index contributed by atoms with van der Waals surface area (Å²) in [5.74, 6) is 0.868. The molecule has 1 unspecified atom stereocenters. The van der Waals surface area contributed by atoms with Crippen molar-refractivity contribution in [1.29, 1.82) is 0 Å².